The maximum absolute atomic E-state index is 11.0. The minimum absolute atomic E-state index is 0.00394. The lowest BCUT2D eigenvalue weighted by molar-refractivity contribution is 0.0689. The molecule has 18 heavy (non-hydrogen) atoms. The topological polar surface area (TPSA) is 94.0 Å². The smallest absolute Gasteiger partial charge is 0.358 e. The van der Waals surface area contributed by atoms with Gasteiger partial charge in [0.05, 0.1) is 17.9 Å². The van der Waals surface area contributed by atoms with E-state index < -0.39 is 5.97 Å². The molecule has 0 radical (unpaired) electrons. The first kappa shape index (κ1) is 12.3. The largest absolute Gasteiger partial charge is 0.476 e. The summed E-state index contributed by atoms with van der Waals surface area (Å²) < 4.78 is 6.65. The summed E-state index contributed by atoms with van der Waals surface area (Å²) in [4.78, 5) is 11.0. The van der Waals surface area contributed by atoms with Crippen molar-refractivity contribution in [2.75, 3.05) is 0 Å². The van der Waals surface area contributed by atoms with Crippen molar-refractivity contribution < 1.29 is 14.4 Å². The Morgan fingerprint density at radius 2 is 2.17 bits per heavy atom. The van der Waals surface area contributed by atoms with Crippen LogP contribution in [0.2, 0.25) is 0 Å². The third-order valence-corrected chi connectivity index (χ3v) is 2.86. The molecule has 0 bridgehead atoms. The molecule has 0 aliphatic rings. The van der Waals surface area contributed by atoms with E-state index in [1.165, 1.54) is 0 Å². The molecule has 0 atom stereocenters. The van der Waals surface area contributed by atoms with Crippen LogP contribution in [-0.4, -0.2) is 31.2 Å². The molecular weight excluding hydrogens is 236 g/mol. The van der Waals surface area contributed by atoms with Gasteiger partial charge in [-0.15, -0.1) is 5.10 Å². The molecule has 0 aromatic carbocycles. The zero-order valence-corrected chi connectivity index (χ0v) is 10.5. The number of aryl methyl sites for hydroxylation is 2. The van der Waals surface area contributed by atoms with Gasteiger partial charge in [-0.25, -0.2) is 9.48 Å². The fourth-order valence-electron chi connectivity index (χ4n) is 1.85. The Labute approximate surface area is 103 Å². The number of hydrogen-bond donors (Lipinski definition) is 1. The standard InChI is InChI=1S/C11H14N4O3/c1-4-9-10(11(16)17)12-14-15(9)5-8-6(2)13-18-7(8)3/h4-5H2,1-3H3,(H,16,17). The molecule has 96 valence electrons. The van der Waals surface area contributed by atoms with E-state index in [1.54, 1.807) is 4.68 Å². The van der Waals surface area contributed by atoms with Crippen LogP contribution in [0.3, 0.4) is 0 Å². The molecule has 2 rings (SSSR count). The molecule has 7 heteroatoms. The fourth-order valence-corrected chi connectivity index (χ4v) is 1.85. The summed E-state index contributed by atoms with van der Waals surface area (Å²) in [6, 6.07) is 0. The Kier molecular flexibility index (Phi) is 3.14. The second kappa shape index (κ2) is 4.59. The predicted molar refractivity (Wildman–Crippen MR) is 61.4 cm³/mol. The molecule has 0 fully saturated rings. The van der Waals surface area contributed by atoms with Gasteiger partial charge in [0, 0.05) is 5.56 Å². The monoisotopic (exact) mass is 250 g/mol. The molecule has 7 nitrogen and oxygen atoms in total. The van der Waals surface area contributed by atoms with E-state index in [0.29, 0.717) is 24.4 Å². The molecule has 2 aromatic rings. The lowest BCUT2D eigenvalue weighted by Gasteiger charge is -2.04. The van der Waals surface area contributed by atoms with E-state index in [4.69, 9.17) is 9.63 Å². The van der Waals surface area contributed by atoms with Crippen LogP contribution < -0.4 is 0 Å². The third kappa shape index (κ3) is 1.99. The second-order valence-electron chi connectivity index (χ2n) is 4.00. The predicted octanol–water partition coefficient (Wildman–Crippen LogP) is 1.19. The summed E-state index contributed by atoms with van der Waals surface area (Å²) in [7, 11) is 0. The Balaban J connectivity index is 2.38. The van der Waals surface area contributed by atoms with E-state index in [1.807, 2.05) is 20.8 Å². The lowest BCUT2D eigenvalue weighted by Crippen LogP contribution is -2.09. The number of aromatic carboxylic acids is 1. The summed E-state index contributed by atoms with van der Waals surface area (Å²) in [5.41, 5.74) is 2.29. The van der Waals surface area contributed by atoms with Crippen LogP contribution in [0.5, 0.6) is 0 Å². The summed E-state index contributed by atoms with van der Waals surface area (Å²) in [6.45, 7) is 5.95. The van der Waals surface area contributed by atoms with E-state index in [9.17, 15) is 4.79 Å². The fraction of sp³-hybridized carbons (Fsp3) is 0.455. The van der Waals surface area contributed by atoms with Crippen molar-refractivity contribution in [1.82, 2.24) is 20.2 Å². The third-order valence-electron chi connectivity index (χ3n) is 2.86. The molecule has 0 saturated carbocycles. The van der Waals surface area contributed by atoms with Crippen molar-refractivity contribution in [3.63, 3.8) is 0 Å². The average molecular weight is 250 g/mol. The molecule has 2 aromatic heterocycles. The first-order valence-electron chi connectivity index (χ1n) is 5.62. The average Bonchev–Trinajstić information content (AvgIpc) is 2.87. The summed E-state index contributed by atoms with van der Waals surface area (Å²) >= 11 is 0. The van der Waals surface area contributed by atoms with E-state index >= 15 is 0 Å². The van der Waals surface area contributed by atoms with Crippen molar-refractivity contribution >= 4 is 5.97 Å². The highest BCUT2D eigenvalue weighted by atomic mass is 16.5. The van der Waals surface area contributed by atoms with Gasteiger partial charge in [0.1, 0.15) is 5.76 Å². The van der Waals surface area contributed by atoms with Gasteiger partial charge in [-0.05, 0) is 20.3 Å². The Hall–Kier alpha value is -2.18. The van der Waals surface area contributed by atoms with E-state index in [0.717, 1.165) is 11.3 Å². The number of rotatable bonds is 4. The number of nitrogens with zero attached hydrogens (tertiary/aromatic N) is 4. The highest BCUT2D eigenvalue weighted by Crippen LogP contribution is 2.16. The van der Waals surface area contributed by atoms with Crippen LogP contribution in [-0.2, 0) is 13.0 Å². The zero-order valence-electron chi connectivity index (χ0n) is 10.5. The van der Waals surface area contributed by atoms with Crippen molar-refractivity contribution in [2.24, 2.45) is 0 Å². The Bertz CT molecular complexity index is 566. The normalized spacial score (nSPS) is 10.8. The number of aromatic nitrogens is 4. The van der Waals surface area contributed by atoms with Crippen molar-refractivity contribution in [1.29, 1.82) is 0 Å². The van der Waals surface area contributed by atoms with Crippen molar-refractivity contribution in [3.8, 4) is 0 Å². The molecule has 1 N–H and O–H groups in total. The first-order valence-corrected chi connectivity index (χ1v) is 5.62. The Morgan fingerprint density at radius 1 is 1.44 bits per heavy atom. The lowest BCUT2D eigenvalue weighted by atomic mass is 10.2. The van der Waals surface area contributed by atoms with Gasteiger partial charge in [0.25, 0.3) is 0 Å². The molecule has 0 unspecified atom stereocenters. The van der Waals surface area contributed by atoms with Gasteiger partial charge in [-0.3, -0.25) is 0 Å². The van der Waals surface area contributed by atoms with Gasteiger partial charge in [-0.1, -0.05) is 17.3 Å². The minimum Gasteiger partial charge on any atom is -0.476 e. The van der Waals surface area contributed by atoms with Gasteiger partial charge in [0.2, 0.25) is 0 Å². The van der Waals surface area contributed by atoms with E-state index in [-0.39, 0.29) is 5.69 Å². The first-order chi connectivity index (χ1) is 8.54. The summed E-state index contributed by atoms with van der Waals surface area (Å²) in [5, 5.41) is 20.4. The summed E-state index contributed by atoms with van der Waals surface area (Å²) in [5.74, 6) is -0.348. The number of carboxylic acids is 1. The van der Waals surface area contributed by atoms with Crippen LogP contribution in [0, 0.1) is 13.8 Å². The van der Waals surface area contributed by atoms with Gasteiger partial charge < -0.3 is 9.63 Å². The highest BCUT2D eigenvalue weighted by Gasteiger charge is 2.19. The van der Waals surface area contributed by atoms with Gasteiger partial charge in [-0.2, -0.15) is 0 Å². The molecule has 0 amide bonds. The highest BCUT2D eigenvalue weighted by molar-refractivity contribution is 5.86. The van der Waals surface area contributed by atoms with Crippen molar-refractivity contribution in [2.45, 2.75) is 33.7 Å². The van der Waals surface area contributed by atoms with E-state index in [2.05, 4.69) is 15.5 Å². The maximum atomic E-state index is 11.0. The number of hydrogen-bond acceptors (Lipinski definition) is 5. The van der Waals surface area contributed by atoms with Crippen LogP contribution in [0.15, 0.2) is 4.52 Å². The Morgan fingerprint density at radius 3 is 2.67 bits per heavy atom. The zero-order chi connectivity index (χ0) is 13.3. The van der Waals surface area contributed by atoms with Crippen LogP contribution in [0.1, 0.15) is 40.1 Å². The van der Waals surface area contributed by atoms with Gasteiger partial charge in [0.15, 0.2) is 5.69 Å². The minimum atomic E-state index is -1.06. The molecular formula is C11H14N4O3. The number of carbonyl (C=O) groups is 1. The molecule has 2 heterocycles. The van der Waals surface area contributed by atoms with Crippen LogP contribution in [0.4, 0.5) is 0 Å². The second-order valence-corrected chi connectivity index (χ2v) is 4.00. The maximum Gasteiger partial charge on any atom is 0.358 e. The quantitative estimate of drug-likeness (QED) is 0.875. The molecule has 0 aliphatic heterocycles. The van der Waals surface area contributed by atoms with Crippen LogP contribution in [0.25, 0.3) is 0 Å². The van der Waals surface area contributed by atoms with Crippen molar-refractivity contribution in [3.05, 3.63) is 28.4 Å². The summed E-state index contributed by atoms with van der Waals surface area (Å²) in [6.07, 6.45) is 0.554. The molecule has 0 saturated heterocycles. The molecule has 0 spiro atoms. The SMILES string of the molecule is CCc1c(C(=O)O)nnn1Cc1c(C)noc1C. The van der Waals surface area contributed by atoms with Gasteiger partial charge >= 0.3 is 5.97 Å². The number of carboxylic acid groups (broad SMARTS) is 1. The van der Waals surface area contributed by atoms with Crippen LogP contribution >= 0.6 is 0 Å². The molecule has 0 aliphatic carbocycles.